The van der Waals surface area contributed by atoms with Crippen LogP contribution >= 0.6 is 11.6 Å². The highest BCUT2D eigenvalue weighted by atomic mass is 35.5. The first-order valence-corrected chi connectivity index (χ1v) is 5.54. The Bertz CT molecular complexity index is 341. The highest BCUT2D eigenvalue weighted by molar-refractivity contribution is 6.30. The standard InChI is InChI=1S/C10H16ClN3O2/c1-3-4-12-9(10(15)16-2)7-14-6-8(11)5-13-14/h5-6,9,12H,3-4,7H2,1-2H3. The Morgan fingerprint density at radius 3 is 3.00 bits per heavy atom. The Labute approximate surface area is 99.7 Å². The van der Waals surface area contributed by atoms with Gasteiger partial charge in [-0.15, -0.1) is 0 Å². The maximum atomic E-state index is 11.5. The van der Waals surface area contributed by atoms with Crippen LogP contribution in [0, 0.1) is 0 Å². The predicted octanol–water partition coefficient (Wildman–Crippen LogP) is 1.08. The highest BCUT2D eigenvalue weighted by Gasteiger charge is 2.18. The van der Waals surface area contributed by atoms with Gasteiger partial charge in [-0.3, -0.25) is 9.48 Å². The summed E-state index contributed by atoms with van der Waals surface area (Å²) in [5.74, 6) is -0.292. The second-order valence-corrected chi connectivity index (χ2v) is 3.85. The number of ether oxygens (including phenoxy) is 1. The van der Waals surface area contributed by atoms with E-state index < -0.39 is 0 Å². The van der Waals surface area contributed by atoms with Crippen LogP contribution in [-0.2, 0) is 16.1 Å². The number of hydrogen-bond donors (Lipinski definition) is 1. The monoisotopic (exact) mass is 245 g/mol. The third-order valence-electron chi connectivity index (χ3n) is 2.10. The lowest BCUT2D eigenvalue weighted by atomic mass is 10.3. The van der Waals surface area contributed by atoms with Gasteiger partial charge < -0.3 is 10.1 Å². The van der Waals surface area contributed by atoms with Crippen molar-refractivity contribution >= 4 is 17.6 Å². The maximum absolute atomic E-state index is 11.5. The number of carbonyl (C=O) groups is 1. The zero-order chi connectivity index (χ0) is 12.0. The van der Waals surface area contributed by atoms with Gasteiger partial charge in [-0.2, -0.15) is 5.10 Å². The summed E-state index contributed by atoms with van der Waals surface area (Å²) in [5.41, 5.74) is 0. The van der Waals surface area contributed by atoms with Gasteiger partial charge in [-0.05, 0) is 13.0 Å². The molecule has 90 valence electrons. The average molecular weight is 246 g/mol. The number of esters is 1. The molecule has 0 bridgehead atoms. The summed E-state index contributed by atoms with van der Waals surface area (Å²) in [6, 6.07) is -0.388. The second kappa shape index (κ2) is 6.50. The Kier molecular flexibility index (Phi) is 5.28. The smallest absolute Gasteiger partial charge is 0.324 e. The first-order chi connectivity index (χ1) is 7.67. The second-order valence-electron chi connectivity index (χ2n) is 3.41. The van der Waals surface area contributed by atoms with Gasteiger partial charge in [0.05, 0.1) is 24.9 Å². The Hall–Kier alpha value is -1.07. The van der Waals surface area contributed by atoms with E-state index in [1.165, 1.54) is 13.3 Å². The zero-order valence-corrected chi connectivity index (χ0v) is 10.2. The summed E-state index contributed by atoms with van der Waals surface area (Å²) >= 11 is 5.74. The molecule has 1 heterocycles. The molecule has 0 aliphatic rings. The van der Waals surface area contributed by atoms with E-state index in [0.29, 0.717) is 11.6 Å². The summed E-state index contributed by atoms with van der Waals surface area (Å²) in [5, 5.41) is 7.67. The molecule has 16 heavy (non-hydrogen) atoms. The third kappa shape index (κ3) is 3.83. The topological polar surface area (TPSA) is 56.2 Å². The van der Waals surface area contributed by atoms with Gasteiger partial charge in [0.2, 0.25) is 0 Å². The van der Waals surface area contributed by atoms with E-state index in [-0.39, 0.29) is 12.0 Å². The van der Waals surface area contributed by atoms with E-state index in [1.54, 1.807) is 10.9 Å². The number of methoxy groups -OCH3 is 1. The van der Waals surface area contributed by atoms with E-state index in [1.807, 2.05) is 6.92 Å². The van der Waals surface area contributed by atoms with Crippen molar-refractivity contribution in [3.63, 3.8) is 0 Å². The summed E-state index contributed by atoms with van der Waals surface area (Å²) in [4.78, 5) is 11.5. The first-order valence-electron chi connectivity index (χ1n) is 5.16. The molecule has 1 N–H and O–H groups in total. The fraction of sp³-hybridized carbons (Fsp3) is 0.600. The lowest BCUT2D eigenvalue weighted by Crippen LogP contribution is -2.41. The first kappa shape index (κ1) is 13.0. The Morgan fingerprint density at radius 2 is 2.50 bits per heavy atom. The molecule has 0 saturated heterocycles. The Morgan fingerprint density at radius 1 is 1.75 bits per heavy atom. The molecule has 1 aromatic heterocycles. The van der Waals surface area contributed by atoms with Crippen molar-refractivity contribution in [1.29, 1.82) is 0 Å². The van der Waals surface area contributed by atoms with E-state index in [0.717, 1.165) is 13.0 Å². The van der Waals surface area contributed by atoms with Gasteiger partial charge in [0.25, 0.3) is 0 Å². The van der Waals surface area contributed by atoms with Crippen LogP contribution in [0.4, 0.5) is 0 Å². The molecule has 1 aromatic rings. The van der Waals surface area contributed by atoms with Gasteiger partial charge in [0, 0.05) is 6.20 Å². The molecule has 0 fully saturated rings. The van der Waals surface area contributed by atoms with Crippen molar-refractivity contribution in [2.45, 2.75) is 25.9 Å². The molecular formula is C10H16ClN3O2. The van der Waals surface area contributed by atoms with Crippen molar-refractivity contribution in [2.75, 3.05) is 13.7 Å². The molecule has 0 aliphatic heterocycles. The number of nitrogens with one attached hydrogen (secondary N) is 1. The molecule has 0 aromatic carbocycles. The molecule has 0 aliphatic carbocycles. The maximum Gasteiger partial charge on any atom is 0.324 e. The molecule has 6 heteroatoms. The average Bonchev–Trinajstić information content (AvgIpc) is 2.69. The van der Waals surface area contributed by atoms with Gasteiger partial charge in [-0.25, -0.2) is 0 Å². The van der Waals surface area contributed by atoms with Crippen molar-refractivity contribution in [1.82, 2.24) is 15.1 Å². The van der Waals surface area contributed by atoms with E-state index in [4.69, 9.17) is 16.3 Å². The number of rotatable bonds is 6. The number of hydrogen-bond acceptors (Lipinski definition) is 4. The largest absolute Gasteiger partial charge is 0.468 e. The molecule has 0 amide bonds. The van der Waals surface area contributed by atoms with E-state index in [2.05, 4.69) is 10.4 Å². The van der Waals surface area contributed by atoms with Crippen LogP contribution < -0.4 is 5.32 Å². The zero-order valence-electron chi connectivity index (χ0n) is 9.44. The molecule has 0 saturated carbocycles. The van der Waals surface area contributed by atoms with Gasteiger partial charge in [0.15, 0.2) is 0 Å². The number of halogens is 1. The van der Waals surface area contributed by atoms with Gasteiger partial charge in [0.1, 0.15) is 6.04 Å². The Balaban J connectivity index is 2.59. The van der Waals surface area contributed by atoms with Crippen LogP contribution in [0.25, 0.3) is 0 Å². The molecule has 1 atom stereocenters. The van der Waals surface area contributed by atoms with Crippen molar-refractivity contribution in [3.05, 3.63) is 17.4 Å². The number of aromatic nitrogens is 2. The molecule has 0 spiro atoms. The van der Waals surface area contributed by atoms with Crippen LogP contribution in [0.1, 0.15) is 13.3 Å². The SMILES string of the molecule is CCCNC(Cn1cc(Cl)cn1)C(=O)OC. The minimum atomic E-state index is -0.388. The number of carbonyl (C=O) groups excluding carboxylic acids is 1. The lowest BCUT2D eigenvalue weighted by molar-refractivity contribution is -0.143. The van der Waals surface area contributed by atoms with Crippen molar-refractivity contribution in [2.24, 2.45) is 0 Å². The molecular weight excluding hydrogens is 230 g/mol. The summed E-state index contributed by atoms with van der Waals surface area (Å²) in [6.45, 7) is 3.21. The van der Waals surface area contributed by atoms with Crippen LogP contribution in [0.15, 0.2) is 12.4 Å². The van der Waals surface area contributed by atoms with Gasteiger partial charge in [-0.1, -0.05) is 18.5 Å². The summed E-state index contributed by atoms with van der Waals surface area (Å²) < 4.78 is 6.33. The predicted molar refractivity (Wildman–Crippen MR) is 61.3 cm³/mol. The highest BCUT2D eigenvalue weighted by Crippen LogP contribution is 2.05. The van der Waals surface area contributed by atoms with Crippen LogP contribution in [0.3, 0.4) is 0 Å². The van der Waals surface area contributed by atoms with E-state index >= 15 is 0 Å². The quantitative estimate of drug-likeness (QED) is 0.762. The van der Waals surface area contributed by atoms with Gasteiger partial charge >= 0.3 is 5.97 Å². The molecule has 0 radical (unpaired) electrons. The fourth-order valence-corrected chi connectivity index (χ4v) is 1.46. The summed E-state index contributed by atoms with van der Waals surface area (Å²) in [7, 11) is 1.37. The number of nitrogens with zero attached hydrogens (tertiary/aromatic N) is 2. The van der Waals surface area contributed by atoms with E-state index in [9.17, 15) is 4.79 Å². The fourth-order valence-electron chi connectivity index (χ4n) is 1.31. The van der Waals surface area contributed by atoms with Crippen LogP contribution in [-0.4, -0.2) is 35.4 Å². The normalized spacial score (nSPS) is 12.4. The molecule has 1 rings (SSSR count). The van der Waals surface area contributed by atoms with Crippen molar-refractivity contribution in [3.8, 4) is 0 Å². The minimum absolute atomic E-state index is 0.292. The van der Waals surface area contributed by atoms with Crippen LogP contribution in [0.5, 0.6) is 0 Å². The van der Waals surface area contributed by atoms with Crippen molar-refractivity contribution < 1.29 is 9.53 Å². The summed E-state index contributed by atoms with van der Waals surface area (Å²) in [6.07, 6.45) is 4.16. The molecule has 1 unspecified atom stereocenters. The molecule has 5 nitrogen and oxygen atoms in total. The van der Waals surface area contributed by atoms with Crippen LogP contribution in [0.2, 0.25) is 5.02 Å². The minimum Gasteiger partial charge on any atom is -0.468 e. The third-order valence-corrected chi connectivity index (χ3v) is 2.29. The lowest BCUT2D eigenvalue weighted by Gasteiger charge is -2.15.